The van der Waals surface area contributed by atoms with Gasteiger partial charge in [-0.2, -0.15) is 0 Å². The molecular formula is C11H22N2O3. The zero-order valence-electron chi connectivity index (χ0n) is 10.5. The predicted octanol–water partition coefficient (Wildman–Crippen LogP) is 1.54. The molecule has 0 saturated carbocycles. The number of nitrogens with one attached hydrogen (secondary N) is 1. The van der Waals surface area contributed by atoms with Crippen LogP contribution in [-0.2, 0) is 4.79 Å². The third kappa shape index (κ3) is 5.58. The number of amides is 2. The van der Waals surface area contributed by atoms with E-state index >= 15 is 0 Å². The van der Waals surface area contributed by atoms with E-state index < -0.39 is 12.0 Å². The van der Waals surface area contributed by atoms with E-state index in [4.69, 9.17) is 5.11 Å². The summed E-state index contributed by atoms with van der Waals surface area (Å²) in [5.41, 5.74) is 0. The molecular weight excluding hydrogens is 208 g/mol. The number of hydrogen-bond acceptors (Lipinski definition) is 2. The summed E-state index contributed by atoms with van der Waals surface area (Å²) in [6.07, 6.45) is 1.30. The summed E-state index contributed by atoms with van der Waals surface area (Å²) in [6.45, 7) is 6.53. The van der Waals surface area contributed by atoms with Crippen molar-refractivity contribution in [3.63, 3.8) is 0 Å². The van der Waals surface area contributed by atoms with E-state index in [0.29, 0.717) is 18.9 Å². The normalized spacial score (nSPS) is 12.3. The van der Waals surface area contributed by atoms with Crippen LogP contribution in [-0.4, -0.2) is 41.6 Å². The van der Waals surface area contributed by atoms with Gasteiger partial charge in [0.15, 0.2) is 0 Å². The number of nitrogens with zero attached hydrogens (tertiary/aromatic N) is 1. The number of carbonyl (C=O) groups excluding carboxylic acids is 1. The lowest BCUT2D eigenvalue weighted by atomic mass is 10.1. The number of hydrogen-bond donors (Lipinski definition) is 2. The van der Waals surface area contributed by atoms with Gasteiger partial charge in [0.1, 0.15) is 6.04 Å². The predicted molar refractivity (Wildman–Crippen MR) is 62.3 cm³/mol. The van der Waals surface area contributed by atoms with Gasteiger partial charge in [-0.3, -0.25) is 0 Å². The molecule has 0 saturated heterocycles. The molecule has 0 aliphatic heterocycles. The highest BCUT2D eigenvalue weighted by molar-refractivity contribution is 5.82. The van der Waals surface area contributed by atoms with E-state index in [1.807, 2.05) is 0 Å². The first-order chi connectivity index (χ1) is 7.38. The van der Waals surface area contributed by atoms with Gasteiger partial charge in [0.2, 0.25) is 0 Å². The minimum Gasteiger partial charge on any atom is -0.480 e. The second-order valence-electron chi connectivity index (χ2n) is 4.35. The Morgan fingerprint density at radius 1 is 1.38 bits per heavy atom. The largest absolute Gasteiger partial charge is 0.480 e. The van der Waals surface area contributed by atoms with Crippen LogP contribution < -0.4 is 5.32 Å². The van der Waals surface area contributed by atoms with Crippen LogP contribution in [0.15, 0.2) is 0 Å². The molecule has 0 fully saturated rings. The van der Waals surface area contributed by atoms with Crippen LogP contribution in [0.3, 0.4) is 0 Å². The molecule has 2 amide bonds. The van der Waals surface area contributed by atoms with E-state index in [-0.39, 0.29) is 6.03 Å². The lowest BCUT2D eigenvalue weighted by molar-refractivity contribution is -0.139. The second-order valence-corrected chi connectivity index (χ2v) is 4.35. The molecule has 0 radical (unpaired) electrons. The topological polar surface area (TPSA) is 69.6 Å². The third-order valence-electron chi connectivity index (χ3n) is 2.39. The van der Waals surface area contributed by atoms with Gasteiger partial charge in [-0.05, 0) is 18.8 Å². The monoisotopic (exact) mass is 230 g/mol. The van der Waals surface area contributed by atoms with E-state index in [9.17, 15) is 9.59 Å². The number of carbonyl (C=O) groups is 2. The Morgan fingerprint density at radius 2 is 1.94 bits per heavy atom. The highest BCUT2D eigenvalue weighted by atomic mass is 16.4. The van der Waals surface area contributed by atoms with E-state index in [1.54, 1.807) is 14.0 Å². The highest BCUT2D eigenvalue weighted by Gasteiger charge is 2.19. The Balaban J connectivity index is 4.08. The van der Waals surface area contributed by atoms with Gasteiger partial charge in [-0.15, -0.1) is 0 Å². The molecule has 0 aliphatic carbocycles. The van der Waals surface area contributed by atoms with Crippen molar-refractivity contribution in [2.24, 2.45) is 5.92 Å². The third-order valence-corrected chi connectivity index (χ3v) is 2.39. The smallest absolute Gasteiger partial charge is 0.326 e. The Morgan fingerprint density at radius 3 is 2.31 bits per heavy atom. The van der Waals surface area contributed by atoms with Crippen LogP contribution in [0.25, 0.3) is 0 Å². The molecule has 1 atom stereocenters. The summed E-state index contributed by atoms with van der Waals surface area (Å²) in [5, 5.41) is 11.3. The molecule has 0 aromatic rings. The van der Waals surface area contributed by atoms with Crippen LogP contribution in [0.4, 0.5) is 4.79 Å². The van der Waals surface area contributed by atoms with Crippen molar-refractivity contribution in [3.05, 3.63) is 0 Å². The maximum atomic E-state index is 11.6. The second kappa shape index (κ2) is 7.09. The van der Waals surface area contributed by atoms with Crippen molar-refractivity contribution in [1.82, 2.24) is 10.2 Å². The Hall–Kier alpha value is -1.26. The Kier molecular flexibility index (Phi) is 6.53. The SMILES string of the molecule is CC[C@H](NC(=O)N(C)CCC(C)C)C(=O)O. The summed E-state index contributed by atoms with van der Waals surface area (Å²) in [7, 11) is 1.67. The number of carboxylic acid groups (broad SMARTS) is 1. The number of carboxylic acids is 1. The number of urea groups is 1. The zero-order valence-corrected chi connectivity index (χ0v) is 10.5. The molecule has 0 unspecified atom stereocenters. The van der Waals surface area contributed by atoms with Crippen molar-refractivity contribution >= 4 is 12.0 Å². The molecule has 0 aromatic heterocycles. The van der Waals surface area contributed by atoms with Gasteiger partial charge in [-0.1, -0.05) is 20.8 Å². The molecule has 16 heavy (non-hydrogen) atoms. The standard InChI is InChI=1S/C11H22N2O3/c1-5-9(10(14)15)12-11(16)13(4)7-6-8(2)3/h8-9H,5-7H2,1-4H3,(H,12,16)(H,14,15)/t9-/m0/s1. The van der Waals surface area contributed by atoms with Crippen molar-refractivity contribution < 1.29 is 14.7 Å². The molecule has 5 nitrogen and oxygen atoms in total. The molecule has 5 heteroatoms. The summed E-state index contributed by atoms with van der Waals surface area (Å²) in [5.74, 6) is -0.468. The number of rotatable bonds is 6. The average molecular weight is 230 g/mol. The number of aliphatic carboxylic acids is 1. The summed E-state index contributed by atoms with van der Waals surface area (Å²) < 4.78 is 0. The molecule has 0 aliphatic rings. The fourth-order valence-electron chi connectivity index (χ4n) is 1.15. The lowest BCUT2D eigenvalue weighted by Gasteiger charge is -2.21. The fraction of sp³-hybridized carbons (Fsp3) is 0.818. The van der Waals surface area contributed by atoms with Crippen molar-refractivity contribution in [1.29, 1.82) is 0 Å². The van der Waals surface area contributed by atoms with Crippen molar-refractivity contribution in [3.8, 4) is 0 Å². The Bertz CT molecular complexity index is 241. The van der Waals surface area contributed by atoms with E-state index in [0.717, 1.165) is 6.42 Å². The van der Waals surface area contributed by atoms with Crippen LogP contribution in [0.1, 0.15) is 33.6 Å². The maximum absolute atomic E-state index is 11.6. The van der Waals surface area contributed by atoms with Gasteiger partial charge in [0.05, 0.1) is 0 Å². The molecule has 2 N–H and O–H groups in total. The fourth-order valence-corrected chi connectivity index (χ4v) is 1.15. The van der Waals surface area contributed by atoms with E-state index in [2.05, 4.69) is 19.2 Å². The van der Waals surface area contributed by atoms with Gasteiger partial charge < -0.3 is 15.3 Å². The quantitative estimate of drug-likeness (QED) is 0.727. The first kappa shape index (κ1) is 14.7. The van der Waals surface area contributed by atoms with Crippen molar-refractivity contribution in [2.75, 3.05) is 13.6 Å². The minimum atomic E-state index is -0.992. The van der Waals surface area contributed by atoms with Crippen LogP contribution in [0.5, 0.6) is 0 Å². The van der Waals surface area contributed by atoms with Crippen LogP contribution in [0, 0.1) is 5.92 Å². The molecule has 0 bridgehead atoms. The van der Waals surface area contributed by atoms with E-state index in [1.165, 1.54) is 4.90 Å². The van der Waals surface area contributed by atoms with Gasteiger partial charge >= 0.3 is 12.0 Å². The molecule has 0 heterocycles. The molecule has 0 aromatic carbocycles. The van der Waals surface area contributed by atoms with Gasteiger partial charge in [0, 0.05) is 13.6 Å². The lowest BCUT2D eigenvalue weighted by Crippen LogP contribution is -2.46. The van der Waals surface area contributed by atoms with Gasteiger partial charge in [0.25, 0.3) is 0 Å². The van der Waals surface area contributed by atoms with Crippen molar-refractivity contribution in [2.45, 2.75) is 39.7 Å². The first-order valence-corrected chi connectivity index (χ1v) is 5.62. The molecule has 94 valence electrons. The Labute approximate surface area is 96.8 Å². The summed E-state index contributed by atoms with van der Waals surface area (Å²) in [4.78, 5) is 23.8. The zero-order chi connectivity index (χ0) is 12.7. The highest BCUT2D eigenvalue weighted by Crippen LogP contribution is 2.01. The molecule has 0 rings (SSSR count). The summed E-state index contributed by atoms with van der Waals surface area (Å²) >= 11 is 0. The van der Waals surface area contributed by atoms with Crippen LogP contribution in [0.2, 0.25) is 0 Å². The van der Waals surface area contributed by atoms with Crippen LogP contribution >= 0.6 is 0 Å². The van der Waals surface area contributed by atoms with Gasteiger partial charge in [-0.25, -0.2) is 9.59 Å². The molecule has 0 spiro atoms. The summed E-state index contributed by atoms with van der Waals surface area (Å²) in [6, 6.07) is -1.12. The minimum absolute atomic E-state index is 0.324. The maximum Gasteiger partial charge on any atom is 0.326 e. The first-order valence-electron chi connectivity index (χ1n) is 5.62. The average Bonchev–Trinajstić information content (AvgIpc) is 2.21.